The fourth-order valence-corrected chi connectivity index (χ4v) is 3.34. The average Bonchev–Trinajstić information content (AvgIpc) is 2.93. The minimum Gasteiger partial charge on any atom is -0.493 e. The van der Waals surface area contributed by atoms with Crippen LogP contribution < -0.4 is 10.1 Å². The van der Waals surface area contributed by atoms with Crippen LogP contribution in [0.1, 0.15) is 44.7 Å². The minimum atomic E-state index is 0.322. The van der Waals surface area contributed by atoms with Crippen molar-refractivity contribution >= 4 is 0 Å². The summed E-state index contributed by atoms with van der Waals surface area (Å²) >= 11 is 0. The Hall–Kier alpha value is -1.06. The standard InChI is InChI=1S/C18H28N2O/c1-14(2)20-8-6-18(3,7-9-20)13-21-17-5-4-15-11-19-12-16(15)10-17/h4-5,10,14,19H,6-9,11-13H2,1-3H3. The summed E-state index contributed by atoms with van der Waals surface area (Å²) in [7, 11) is 0. The number of piperidine rings is 1. The molecule has 0 saturated carbocycles. The molecule has 2 aliphatic heterocycles. The van der Waals surface area contributed by atoms with Crippen LogP contribution in [0.15, 0.2) is 18.2 Å². The molecular weight excluding hydrogens is 260 g/mol. The summed E-state index contributed by atoms with van der Waals surface area (Å²) in [6.07, 6.45) is 2.47. The third-order valence-corrected chi connectivity index (χ3v) is 5.13. The monoisotopic (exact) mass is 288 g/mol. The Kier molecular flexibility index (Phi) is 4.23. The molecule has 2 heterocycles. The number of likely N-dealkylation sites (tertiary alicyclic amines) is 1. The van der Waals surface area contributed by atoms with E-state index >= 15 is 0 Å². The largest absolute Gasteiger partial charge is 0.493 e. The molecule has 2 aliphatic rings. The highest BCUT2D eigenvalue weighted by Crippen LogP contribution is 2.33. The zero-order valence-electron chi connectivity index (χ0n) is 13.6. The van der Waals surface area contributed by atoms with E-state index in [9.17, 15) is 0 Å². The van der Waals surface area contributed by atoms with Gasteiger partial charge in [-0.3, -0.25) is 0 Å². The van der Waals surface area contributed by atoms with Gasteiger partial charge in [0.2, 0.25) is 0 Å². The number of fused-ring (bicyclic) bond motifs is 1. The second-order valence-corrected chi connectivity index (χ2v) is 7.26. The maximum absolute atomic E-state index is 6.12. The Morgan fingerprint density at radius 2 is 1.90 bits per heavy atom. The molecule has 1 aromatic rings. The van der Waals surface area contributed by atoms with E-state index in [1.165, 1.54) is 37.1 Å². The van der Waals surface area contributed by atoms with Gasteiger partial charge < -0.3 is 15.0 Å². The van der Waals surface area contributed by atoms with Crippen LogP contribution in [0.4, 0.5) is 0 Å². The molecule has 1 aromatic carbocycles. The lowest BCUT2D eigenvalue weighted by molar-refractivity contribution is 0.0553. The van der Waals surface area contributed by atoms with E-state index in [4.69, 9.17) is 4.74 Å². The van der Waals surface area contributed by atoms with Gasteiger partial charge in [0.1, 0.15) is 5.75 Å². The van der Waals surface area contributed by atoms with E-state index in [0.717, 1.165) is 25.4 Å². The van der Waals surface area contributed by atoms with E-state index in [-0.39, 0.29) is 0 Å². The molecule has 3 rings (SSSR count). The van der Waals surface area contributed by atoms with Gasteiger partial charge in [0.25, 0.3) is 0 Å². The van der Waals surface area contributed by atoms with Crippen LogP contribution in [-0.4, -0.2) is 30.6 Å². The number of ether oxygens (including phenoxy) is 1. The maximum atomic E-state index is 6.12. The van der Waals surface area contributed by atoms with E-state index in [0.29, 0.717) is 11.5 Å². The lowest BCUT2D eigenvalue weighted by Crippen LogP contribution is -2.44. The second kappa shape index (κ2) is 5.98. The van der Waals surface area contributed by atoms with Crippen LogP contribution in [0.5, 0.6) is 5.75 Å². The summed E-state index contributed by atoms with van der Waals surface area (Å²) in [5.41, 5.74) is 3.13. The number of hydrogen-bond donors (Lipinski definition) is 1. The molecule has 21 heavy (non-hydrogen) atoms. The summed E-state index contributed by atoms with van der Waals surface area (Å²) in [5, 5.41) is 3.38. The first-order chi connectivity index (χ1) is 10.1. The normalized spacial score (nSPS) is 21.5. The molecule has 0 radical (unpaired) electrons. The smallest absolute Gasteiger partial charge is 0.119 e. The van der Waals surface area contributed by atoms with Crippen LogP contribution in [0, 0.1) is 5.41 Å². The number of rotatable bonds is 4. The van der Waals surface area contributed by atoms with Crippen molar-refractivity contribution < 1.29 is 4.74 Å². The summed E-state index contributed by atoms with van der Waals surface area (Å²) in [4.78, 5) is 2.57. The van der Waals surface area contributed by atoms with Gasteiger partial charge in [-0.25, -0.2) is 0 Å². The van der Waals surface area contributed by atoms with Crippen molar-refractivity contribution in [3.05, 3.63) is 29.3 Å². The molecule has 0 atom stereocenters. The van der Waals surface area contributed by atoms with Gasteiger partial charge in [-0.15, -0.1) is 0 Å². The van der Waals surface area contributed by atoms with Crippen LogP contribution in [0.25, 0.3) is 0 Å². The van der Waals surface area contributed by atoms with Crippen molar-refractivity contribution in [1.29, 1.82) is 0 Å². The van der Waals surface area contributed by atoms with Gasteiger partial charge in [-0.2, -0.15) is 0 Å². The van der Waals surface area contributed by atoms with Crippen LogP contribution in [0.3, 0.4) is 0 Å². The summed E-state index contributed by atoms with van der Waals surface area (Å²) in [6.45, 7) is 12.2. The Labute approximate surface area is 128 Å². The van der Waals surface area contributed by atoms with Crippen LogP contribution in [0.2, 0.25) is 0 Å². The van der Waals surface area contributed by atoms with Crippen molar-refractivity contribution in [2.24, 2.45) is 5.41 Å². The molecule has 1 saturated heterocycles. The second-order valence-electron chi connectivity index (χ2n) is 7.26. The molecule has 0 spiro atoms. The fourth-order valence-electron chi connectivity index (χ4n) is 3.34. The van der Waals surface area contributed by atoms with Crippen molar-refractivity contribution in [2.45, 2.75) is 52.7 Å². The minimum absolute atomic E-state index is 0.322. The highest BCUT2D eigenvalue weighted by molar-refractivity contribution is 5.37. The van der Waals surface area contributed by atoms with E-state index in [1.807, 2.05) is 0 Å². The summed E-state index contributed by atoms with van der Waals surface area (Å²) < 4.78 is 6.12. The van der Waals surface area contributed by atoms with Crippen molar-refractivity contribution in [2.75, 3.05) is 19.7 Å². The number of nitrogens with zero attached hydrogens (tertiary/aromatic N) is 1. The lowest BCUT2D eigenvalue weighted by atomic mass is 9.81. The van der Waals surface area contributed by atoms with Gasteiger partial charge >= 0.3 is 0 Å². The molecule has 116 valence electrons. The number of nitrogens with one attached hydrogen (secondary N) is 1. The highest BCUT2D eigenvalue weighted by atomic mass is 16.5. The maximum Gasteiger partial charge on any atom is 0.119 e. The molecule has 1 N–H and O–H groups in total. The van der Waals surface area contributed by atoms with E-state index in [1.54, 1.807) is 0 Å². The first-order valence-electron chi connectivity index (χ1n) is 8.25. The zero-order chi connectivity index (χ0) is 14.9. The summed E-state index contributed by atoms with van der Waals surface area (Å²) in [5.74, 6) is 1.03. The zero-order valence-corrected chi connectivity index (χ0v) is 13.6. The van der Waals surface area contributed by atoms with Crippen molar-refractivity contribution in [3.63, 3.8) is 0 Å². The molecule has 0 amide bonds. The predicted molar refractivity (Wildman–Crippen MR) is 86.5 cm³/mol. The average molecular weight is 288 g/mol. The number of benzene rings is 1. The Morgan fingerprint density at radius 3 is 2.62 bits per heavy atom. The quantitative estimate of drug-likeness (QED) is 0.921. The van der Waals surface area contributed by atoms with E-state index < -0.39 is 0 Å². The van der Waals surface area contributed by atoms with E-state index in [2.05, 4.69) is 49.2 Å². The van der Waals surface area contributed by atoms with Gasteiger partial charge in [-0.1, -0.05) is 13.0 Å². The molecule has 0 aromatic heterocycles. The Bertz CT molecular complexity index is 490. The predicted octanol–water partition coefficient (Wildman–Crippen LogP) is 3.18. The molecule has 0 unspecified atom stereocenters. The van der Waals surface area contributed by atoms with Gasteiger partial charge in [0.05, 0.1) is 6.61 Å². The highest BCUT2D eigenvalue weighted by Gasteiger charge is 2.31. The molecule has 3 heteroatoms. The molecule has 3 nitrogen and oxygen atoms in total. The third-order valence-electron chi connectivity index (χ3n) is 5.13. The van der Waals surface area contributed by atoms with Crippen molar-refractivity contribution in [1.82, 2.24) is 10.2 Å². The Balaban J connectivity index is 1.55. The Morgan fingerprint density at radius 1 is 1.19 bits per heavy atom. The van der Waals surface area contributed by atoms with Gasteiger partial charge in [-0.05, 0) is 63.0 Å². The molecule has 0 bridgehead atoms. The first kappa shape index (κ1) is 14.9. The third kappa shape index (κ3) is 3.41. The molecule has 1 fully saturated rings. The molecular formula is C18H28N2O. The topological polar surface area (TPSA) is 24.5 Å². The lowest BCUT2D eigenvalue weighted by Gasteiger charge is -2.40. The number of hydrogen-bond acceptors (Lipinski definition) is 3. The van der Waals surface area contributed by atoms with Crippen molar-refractivity contribution in [3.8, 4) is 5.75 Å². The molecule has 0 aliphatic carbocycles. The van der Waals surface area contributed by atoms with Crippen LogP contribution in [-0.2, 0) is 13.1 Å². The fraction of sp³-hybridized carbons (Fsp3) is 0.667. The van der Waals surface area contributed by atoms with Gasteiger partial charge in [0.15, 0.2) is 0 Å². The SMILES string of the molecule is CC(C)N1CCC(C)(COc2ccc3c(c2)CNC3)CC1. The first-order valence-corrected chi connectivity index (χ1v) is 8.25. The van der Waals surface area contributed by atoms with Gasteiger partial charge in [0, 0.05) is 24.5 Å². The van der Waals surface area contributed by atoms with Crippen LogP contribution >= 0.6 is 0 Å². The summed E-state index contributed by atoms with van der Waals surface area (Å²) in [6, 6.07) is 7.20.